The molecule has 12 rings (SSSR count). The second-order valence-corrected chi connectivity index (χ2v) is 16.7. The summed E-state index contributed by atoms with van der Waals surface area (Å²) in [4.78, 5) is 0. The summed E-state index contributed by atoms with van der Waals surface area (Å²) >= 11 is 0. The number of hydrogen-bond acceptors (Lipinski definition) is 0. The zero-order chi connectivity index (χ0) is 38.9. The minimum Gasteiger partial charge on any atom is -0.0761 e. The standard InChI is InChI=1S/C59H42/c1-5-13-39(14-6-1)41-21-23-43(24-22-41)46-31-35-52-54(37-46)59(48-17-9-3-10-18-48,49-19-11-4-12-20-49)55-38-47-32-34-51-50(33-29-45-30-36-53(58(52)55)57(47)56(45)51)44-27-25-42(26-28-44)40-15-7-2-8-16-40/h1-23,25-38,43,52,54H,24H2. The molecule has 0 radical (unpaired) electrons. The summed E-state index contributed by atoms with van der Waals surface area (Å²) in [5, 5.41) is 8.05. The van der Waals surface area contributed by atoms with E-state index in [1.165, 1.54) is 93.5 Å². The Kier molecular flexibility index (Phi) is 7.82. The van der Waals surface area contributed by atoms with Crippen molar-refractivity contribution >= 4 is 37.9 Å². The van der Waals surface area contributed by atoms with Gasteiger partial charge < -0.3 is 0 Å². The smallest absolute Gasteiger partial charge is 0.0526 e. The Hall–Kier alpha value is -7.02. The fraction of sp³-hybridized carbons (Fsp3) is 0.0847. The fourth-order valence-electron chi connectivity index (χ4n) is 11.1. The van der Waals surface area contributed by atoms with E-state index in [0.29, 0.717) is 5.92 Å². The summed E-state index contributed by atoms with van der Waals surface area (Å²) in [6.07, 6.45) is 15.9. The van der Waals surface area contributed by atoms with Crippen LogP contribution in [0, 0.1) is 11.8 Å². The van der Waals surface area contributed by atoms with Crippen LogP contribution in [0.4, 0.5) is 0 Å². The molecule has 0 amide bonds. The van der Waals surface area contributed by atoms with Crippen LogP contribution in [-0.4, -0.2) is 0 Å². The highest BCUT2D eigenvalue weighted by molar-refractivity contribution is 6.26. The molecule has 3 aliphatic carbocycles. The van der Waals surface area contributed by atoms with Crippen LogP contribution >= 0.6 is 0 Å². The normalized spacial score (nSPS) is 19.2. The third-order valence-electron chi connectivity index (χ3n) is 13.7. The first kappa shape index (κ1) is 34.1. The van der Waals surface area contributed by atoms with Gasteiger partial charge >= 0.3 is 0 Å². The van der Waals surface area contributed by atoms with Gasteiger partial charge in [0.2, 0.25) is 0 Å². The average Bonchev–Trinajstić information content (AvgIpc) is 3.62. The number of hydrogen-bond donors (Lipinski definition) is 0. The Morgan fingerprint density at radius 1 is 0.458 bits per heavy atom. The van der Waals surface area contributed by atoms with Gasteiger partial charge in [-0.05, 0) is 106 Å². The first-order chi connectivity index (χ1) is 29.3. The van der Waals surface area contributed by atoms with E-state index in [4.69, 9.17) is 0 Å². The van der Waals surface area contributed by atoms with Crippen LogP contribution in [0.2, 0.25) is 0 Å². The van der Waals surface area contributed by atoms with Crippen molar-refractivity contribution < 1.29 is 0 Å². The lowest BCUT2D eigenvalue weighted by Crippen LogP contribution is -2.35. The van der Waals surface area contributed by atoms with Crippen molar-refractivity contribution in [1.29, 1.82) is 0 Å². The zero-order valence-electron chi connectivity index (χ0n) is 32.8. The van der Waals surface area contributed by atoms with E-state index in [0.717, 1.165) is 6.42 Å². The third-order valence-corrected chi connectivity index (χ3v) is 13.7. The molecule has 0 spiro atoms. The van der Waals surface area contributed by atoms with Crippen molar-refractivity contribution in [2.45, 2.75) is 17.8 Å². The van der Waals surface area contributed by atoms with Gasteiger partial charge in [0.15, 0.2) is 0 Å². The first-order valence-electron chi connectivity index (χ1n) is 21.1. The average molecular weight is 751 g/mol. The molecule has 278 valence electrons. The van der Waals surface area contributed by atoms with Gasteiger partial charge in [0.1, 0.15) is 0 Å². The van der Waals surface area contributed by atoms with E-state index < -0.39 is 0 Å². The molecule has 0 bridgehead atoms. The van der Waals surface area contributed by atoms with E-state index in [-0.39, 0.29) is 17.3 Å². The molecular weight excluding hydrogens is 709 g/mol. The monoisotopic (exact) mass is 750 g/mol. The summed E-state index contributed by atoms with van der Waals surface area (Å²) in [5.41, 5.74) is 14.2. The molecule has 9 aromatic carbocycles. The molecular formula is C59H42. The molecule has 59 heavy (non-hydrogen) atoms. The Bertz CT molecular complexity index is 3110. The van der Waals surface area contributed by atoms with Crippen LogP contribution in [0.3, 0.4) is 0 Å². The van der Waals surface area contributed by atoms with Crippen LogP contribution in [0.5, 0.6) is 0 Å². The molecule has 9 aromatic rings. The molecule has 0 saturated heterocycles. The van der Waals surface area contributed by atoms with Gasteiger partial charge in [-0.2, -0.15) is 0 Å². The maximum absolute atomic E-state index is 2.67. The number of fused-ring (bicyclic) bond motifs is 4. The first-order valence-corrected chi connectivity index (χ1v) is 21.1. The van der Waals surface area contributed by atoms with Gasteiger partial charge in [0.25, 0.3) is 0 Å². The lowest BCUT2D eigenvalue weighted by Gasteiger charge is -2.40. The Labute approximate surface area is 346 Å². The summed E-state index contributed by atoms with van der Waals surface area (Å²) in [5.74, 6) is 0.742. The summed E-state index contributed by atoms with van der Waals surface area (Å²) < 4.78 is 0. The minimum atomic E-state index is -0.377. The predicted octanol–water partition coefficient (Wildman–Crippen LogP) is 15.1. The van der Waals surface area contributed by atoms with Gasteiger partial charge in [-0.25, -0.2) is 0 Å². The van der Waals surface area contributed by atoms with Crippen molar-refractivity contribution in [3.05, 3.63) is 258 Å². The molecule has 0 fully saturated rings. The lowest BCUT2D eigenvalue weighted by molar-refractivity contribution is 0.451. The molecule has 0 aromatic heterocycles. The predicted molar refractivity (Wildman–Crippen MR) is 249 cm³/mol. The van der Waals surface area contributed by atoms with Crippen molar-refractivity contribution in [3.8, 4) is 22.3 Å². The highest BCUT2D eigenvalue weighted by Gasteiger charge is 2.54. The van der Waals surface area contributed by atoms with Crippen molar-refractivity contribution in [3.63, 3.8) is 0 Å². The molecule has 3 unspecified atom stereocenters. The molecule has 0 heterocycles. The van der Waals surface area contributed by atoms with E-state index >= 15 is 0 Å². The second-order valence-electron chi connectivity index (χ2n) is 16.7. The Balaban J connectivity index is 1.05. The van der Waals surface area contributed by atoms with Gasteiger partial charge in [-0.15, -0.1) is 0 Å². The summed E-state index contributed by atoms with van der Waals surface area (Å²) in [6.45, 7) is 0. The molecule has 3 atom stereocenters. The van der Waals surface area contributed by atoms with Crippen molar-refractivity contribution in [1.82, 2.24) is 0 Å². The highest BCUT2D eigenvalue weighted by Crippen LogP contribution is 2.62. The van der Waals surface area contributed by atoms with Crippen LogP contribution in [0.1, 0.15) is 40.2 Å². The summed E-state index contributed by atoms with van der Waals surface area (Å²) in [6, 6.07) is 70.1. The SMILES string of the molecule is C1=CC(C2=CC3C(C=C2)c2c(cc4ccc5c(-c6ccc(-c7ccccc7)cc6)ccc6ccc2c4c65)C3(c2ccccc2)c2ccccc2)CC=C1c1ccccc1. The van der Waals surface area contributed by atoms with E-state index in [2.05, 4.69) is 225 Å². The zero-order valence-corrected chi connectivity index (χ0v) is 32.8. The third kappa shape index (κ3) is 5.23. The molecule has 0 heteroatoms. The van der Waals surface area contributed by atoms with E-state index in [9.17, 15) is 0 Å². The number of benzene rings is 9. The summed E-state index contributed by atoms with van der Waals surface area (Å²) in [7, 11) is 0. The quantitative estimate of drug-likeness (QED) is 0.149. The largest absolute Gasteiger partial charge is 0.0761 e. The van der Waals surface area contributed by atoms with Crippen LogP contribution in [0.15, 0.2) is 230 Å². The van der Waals surface area contributed by atoms with Gasteiger partial charge in [0, 0.05) is 17.8 Å². The minimum absolute atomic E-state index is 0.197. The molecule has 0 nitrogen and oxygen atoms in total. The topological polar surface area (TPSA) is 0 Å². The molecule has 0 aliphatic heterocycles. The van der Waals surface area contributed by atoms with Gasteiger partial charge in [0.05, 0.1) is 5.41 Å². The van der Waals surface area contributed by atoms with E-state index in [1.54, 1.807) is 0 Å². The molecule has 0 N–H and O–H groups in total. The van der Waals surface area contributed by atoms with Crippen molar-refractivity contribution in [2.75, 3.05) is 0 Å². The maximum Gasteiger partial charge on any atom is 0.0526 e. The highest BCUT2D eigenvalue weighted by atomic mass is 14.6. The lowest BCUT2D eigenvalue weighted by atomic mass is 9.62. The van der Waals surface area contributed by atoms with E-state index in [1.807, 2.05) is 0 Å². The van der Waals surface area contributed by atoms with Gasteiger partial charge in [-0.3, -0.25) is 0 Å². The molecule has 0 saturated carbocycles. The molecule has 3 aliphatic rings. The van der Waals surface area contributed by atoms with Crippen LogP contribution in [-0.2, 0) is 5.41 Å². The maximum atomic E-state index is 2.67. The number of rotatable bonds is 6. The van der Waals surface area contributed by atoms with Crippen LogP contribution in [0.25, 0.3) is 60.1 Å². The fourth-order valence-corrected chi connectivity index (χ4v) is 11.1. The van der Waals surface area contributed by atoms with Crippen LogP contribution < -0.4 is 0 Å². The van der Waals surface area contributed by atoms with Crippen molar-refractivity contribution in [2.24, 2.45) is 11.8 Å². The Morgan fingerprint density at radius 3 is 1.71 bits per heavy atom. The van der Waals surface area contributed by atoms with Gasteiger partial charge in [-0.1, -0.05) is 218 Å². The Morgan fingerprint density at radius 2 is 1.03 bits per heavy atom. The number of allylic oxidation sites excluding steroid dienone is 8. The second kappa shape index (κ2) is 13.5.